The highest BCUT2D eigenvalue weighted by molar-refractivity contribution is 8.07. The van der Waals surface area contributed by atoms with Crippen molar-refractivity contribution in [1.29, 1.82) is 0 Å². The van der Waals surface area contributed by atoms with Crippen molar-refractivity contribution in [2.24, 2.45) is 0 Å². The molecule has 0 bridgehead atoms. The number of methoxy groups -OCH3 is 1. The molecule has 1 fully saturated rings. The van der Waals surface area contributed by atoms with Gasteiger partial charge in [-0.1, -0.05) is 18.5 Å². The topological polar surface area (TPSA) is 26.3 Å². The van der Waals surface area contributed by atoms with E-state index in [-0.39, 0.29) is 11.0 Å². The molecule has 1 aromatic carbocycles. The zero-order valence-electron chi connectivity index (χ0n) is 11.0. The molecule has 5 heteroatoms. The molecule has 2 nitrogen and oxygen atoms in total. The number of halogens is 1. The Bertz CT molecular complexity index is 465. The third kappa shape index (κ3) is 3.41. The number of ketones is 1. The van der Waals surface area contributed by atoms with Crippen LogP contribution < -0.4 is 4.74 Å². The number of rotatable bonds is 4. The van der Waals surface area contributed by atoms with E-state index in [9.17, 15) is 4.79 Å². The molecule has 2 rings (SSSR count). The first kappa shape index (κ1) is 15.1. The van der Waals surface area contributed by atoms with Crippen molar-refractivity contribution in [3.8, 4) is 5.75 Å². The highest BCUT2D eigenvalue weighted by Crippen LogP contribution is 2.36. The van der Waals surface area contributed by atoms with Crippen LogP contribution in [-0.4, -0.2) is 34.9 Å². The number of hydrogen-bond donors (Lipinski definition) is 0. The Morgan fingerprint density at radius 3 is 2.84 bits per heavy atom. The molecular formula is C14H17ClO2S2. The lowest BCUT2D eigenvalue weighted by molar-refractivity contribution is 0.0987. The van der Waals surface area contributed by atoms with Gasteiger partial charge >= 0.3 is 0 Å². The molecule has 1 aliphatic heterocycles. The Hall–Kier alpha value is -0.320. The standard InChI is InChI=1S/C14H17ClO2S2/c1-3-12-14(19-7-6-18-12)13(16)9-4-5-10(15)11(8-9)17-2/h4-5,8,12,14H,3,6-7H2,1-2H3. The molecule has 0 amide bonds. The summed E-state index contributed by atoms with van der Waals surface area (Å²) in [7, 11) is 1.57. The fourth-order valence-electron chi connectivity index (χ4n) is 2.12. The summed E-state index contributed by atoms with van der Waals surface area (Å²) in [6.45, 7) is 2.15. The van der Waals surface area contributed by atoms with Crippen LogP contribution in [0.3, 0.4) is 0 Å². The van der Waals surface area contributed by atoms with Gasteiger partial charge < -0.3 is 4.74 Å². The second kappa shape index (κ2) is 6.91. The largest absolute Gasteiger partial charge is 0.495 e. The first-order valence-corrected chi connectivity index (χ1v) is 8.76. The fraction of sp³-hybridized carbons (Fsp3) is 0.500. The SMILES string of the molecule is CCC1SCCSC1C(=O)c1ccc(Cl)c(OC)c1. The molecule has 0 aromatic heterocycles. The first-order chi connectivity index (χ1) is 9.17. The van der Waals surface area contributed by atoms with Crippen LogP contribution in [0.25, 0.3) is 0 Å². The lowest BCUT2D eigenvalue weighted by atomic mass is 10.0. The molecule has 2 unspecified atom stereocenters. The summed E-state index contributed by atoms with van der Waals surface area (Å²) in [4.78, 5) is 12.6. The summed E-state index contributed by atoms with van der Waals surface area (Å²) in [5.74, 6) is 2.94. The lowest BCUT2D eigenvalue weighted by Crippen LogP contribution is -2.32. The van der Waals surface area contributed by atoms with E-state index in [4.69, 9.17) is 16.3 Å². The van der Waals surface area contributed by atoms with Crippen LogP contribution in [-0.2, 0) is 0 Å². The molecule has 104 valence electrons. The van der Waals surface area contributed by atoms with E-state index in [1.54, 1.807) is 37.1 Å². The van der Waals surface area contributed by atoms with Crippen molar-refractivity contribution >= 4 is 40.9 Å². The average molecular weight is 317 g/mol. The monoisotopic (exact) mass is 316 g/mol. The maximum Gasteiger partial charge on any atom is 0.177 e. The molecule has 0 aliphatic carbocycles. The second-order valence-electron chi connectivity index (χ2n) is 4.32. The van der Waals surface area contributed by atoms with Crippen LogP contribution >= 0.6 is 35.1 Å². The van der Waals surface area contributed by atoms with E-state index >= 15 is 0 Å². The number of ether oxygens (including phenoxy) is 1. The van der Waals surface area contributed by atoms with Gasteiger partial charge in [-0.25, -0.2) is 0 Å². The summed E-state index contributed by atoms with van der Waals surface area (Å²) in [5.41, 5.74) is 0.694. The summed E-state index contributed by atoms with van der Waals surface area (Å²) in [5, 5.41) is 0.999. The third-order valence-electron chi connectivity index (χ3n) is 3.15. The van der Waals surface area contributed by atoms with E-state index < -0.39 is 0 Å². The van der Waals surface area contributed by atoms with Gasteiger partial charge in [0.2, 0.25) is 0 Å². The molecular weight excluding hydrogens is 300 g/mol. The molecule has 0 radical (unpaired) electrons. The Kier molecular flexibility index (Phi) is 5.48. The first-order valence-electron chi connectivity index (χ1n) is 6.28. The van der Waals surface area contributed by atoms with Crippen molar-refractivity contribution in [2.75, 3.05) is 18.6 Å². The Morgan fingerprint density at radius 2 is 2.16 bits per heavy atom. The van der Waals surface area contributed by atoms with E-state index in [1.807, 2.05) is 11.8 Å². The Balaban J connectivity index is 2.22. The van der Waals surface area contributed by atoms with Gasteiger partial charge in [0.25, 0.3) is 0 Å². The van der Waals surface area contributed by atoms with Gasteiger partial charge in [-0.2, -0.15) is 11.8 Å². The van der Waals surface area contributed by atoms with Crippen LogP contribution in [0.2, 0.25) is 5.02 Å². The van der Waals surface area contributed by atoms with E-state index in [1.165, 1.54) is 0 Å². The van der Waals surface area contributed by atoms with Gasteiger partial charge in [0.1, 0.15) is 5.75 Å². The van der Waals surface area contributed by atoms with E-state index in [2.05, 4.69) is 6.92 Å². The highest BCUT2D eigenvalue weighted by Gasteiger charge is 2.31. The van der Waals surface area contributed by atoms with Crippen molar-refractivity contribution in [3.05, 3.63) is 28.8 Å². The van der Waals surface area contributed by atoms with E-state index in [0.29, 0.717) is 21.6 Å². The van der Waals surface area contributed by atoms with Crippen LogP contribution in [0.15, 0.2) is 18.2 Å². The maximum absolute atomic E-state index is 12.6. The summed E-state index contributed by atoms with van der Waals surface area (Å²) in [6.07, 6.45) is 1.03. The van der Waals surface area contributed by atoms with Gasteiger partial charge in [-0.3, -0.25) is 4.79 Å². The molecule has 1 aliphatic rings. The van der Waals surface area contributed by atoms with Gasteiger partial charge in [-0.05, 0) is 24.6 Å². The van der Waals surface area contributed by atoms with Gasteiger partial charge in [0.05, 0.1) is 17.4 Å². The number of carbonyl (C=O) groups excluding carboxylic acids is 1. The summed E-state index contributed by atoms with van der Waals surface area (Å²) < 4.78 is 5.18. The van der Waals surface area contributed by atoms with Crippen molar-refractivity contribution in [1.82, 2.24) is 0 Å². The number of Topliss-reactive ketones (excluding diaryl/α,β-unsaturated/α-hetero) is 1. The van der Waals surface area contributed by atoms with Crippen LogP contribution in [0.5, 0.6) is 5.75 Å². The fourth-order valence-corrected chi connectivity index (χ4v) is 5.34. The molecule has 19 heavy (non-hydrogen) atoms. The Morgan fingerprint density at radius 1 is 1.42 bits per heavy atom. The van der Waals surface area contributed by atoms with Gasteiger partial charge in [0.15, 0.2) is 5.78 Å². The number of thioether (sulfide) groups is 2. The summed E-state index contributed by atoms with van der Waals surface area (Å²) in [6, 6.07) is 5.27. The molecule has 1 saturated heterocycles. The highest BCUT2D eigenvalue weighted by atomic mass is 35.5. The van der Waals surface area contributed by atoms with Gasteiger partial charge in [0, 0.05) is 22.3 Å². The zero-order valence-corrected chi connectivity index (χ0v) is 13.4. The minimum Gasteiger partial charge on any atom is -0.495 e. The third-order valence-corrected chi connectivity index (χ3v) is 6.70. The molecule has 1 heterocycles. The van der Waals surface area contributed by atoms with Crippen molar-refractivity contribution in [2.45, 2.75) is 23.8 Å². The maximum atomic E-state index is 12.6. The molecule has 0 spiro atoms. The number of hydrogen-bond acceptors (Lipinski definition) is 4. The smallest absolute Gasteiger partial charge is 0.177 e. The van der Waals surface area contributed by atoms with Crippen LogP contribution in [0.1, 0.15) is 23.7 Å². The molecule has 0 saturated carbocycles. The van der Waals surface area contributed by atoms with Crippen molar-refractivity contribution in [3.63, 3.8) is 0 Å². The van der Waals surface area contributed by atoms with Crippen LogP contribution in [0, 0.1) is 0 Å². The Labute approximate surface area is 127 Å². The normalized spacial score (nSPS) is 23.1. The number of carbonyl (C=O) groups is 1. The predicted molar refractivity (Wildman–Crippen MR) is 85.1 cm³/mol. The molecule has 1 aromatic rings. The second-order valence-corrected chi connectivity index (χ2v) is 7.33. The minimum absolute atomic E-state index is 0.0506. The number of benzene rings is 1. The van der Waals surface area contributed by atoms with Gasteiger partial charge in [-0.15, -0.1) is 11.8 Å². The van der Waals surface area contributed by atoms with Crippen molar-refractivity contribution < 1.29 is 9.53 Å². The minimum atomic E-state index is 0.0506. The summed E-state index contributed by atoms with van der Waals surface area (Å²) >= 11 is 9.68. The van der Waals surface area contributed by atoms with E-state index in [0.717, 1.165) is 17.9 Å². The molecule has 2 atom stereocenters. The average Bonchev–Trinajstić information content (AvgIpc) is 2.47. The predicted octanol–water partition coefficient (Wildman–Crippen LogP) is 4.16. The van der Waals surface area contributed by atoms with Crippen LogP contribution in [0.4, 0.5) is 0 Å². The zero-order chi connectivity index (χ0) is 13.8. The quantitative estimate of drug-likeness (QED) is 0.779. The molecule has 0 N–H and O–H groups in total. The lowest BCUT2D eigenvalue weighted by Gasteiger charge is -2.28.